The minimum absolute atomic E-state index is 0.0939. The van der Waals surface area contributed by atoms with Gasteiger partial charge in [-0.2, -0.15) is 11.8 Å². The van der Waals surface area contributed by atoms with Crippen LogP contribution in [0.3, 0.4) is 0 Å². The number of hydrogen-bond acceptors (Lipinski definition) is 11. The molecule has 62 heavy (non-hydrogen) atoms. The molecule has 0 saturated carbocycles. The second-order valence-corrected chi connectivity index (χ2v) is 16.2. The number of carboxylic acids is 1. The maximum Gasteiger partial charge on any atom is 0.305 e. The van der Waals surface area contributed by atoms with Crippen LogP contribution in [0.4, 0.5) is 10.1 Å². The number of halogens is 1. The molecule has 0 aliphatic carbocycles. The van der Waals surface area contributed by atoms with Crippen LogP contribution in [0.1, 0.15) is 66.6 Å². The quantitative estimate of drug-likeness (QED) is 0.0225. The molecule has 2 atom stereocenters. The molecule has 0 radical (unpaired) electrons. The fraction of sp³-hybridized carbons (Fsp3) is 0.348. The summed E-state index contributed by atoms with van der Waals surface area (Å²) in [5.41, 5.74) is 4.77. The highest BCUT2D eigenvalue weighted by Gasteiger charge is 2.31. The Morgan fingerprint density at radius 1 is 0.935 bits per heavy atom. The summed E-state index contributed by atoms with van der Waals surface area (Å²) >= 11 is 1.72. The normalized spacial score (nSPS) is 12.4. The van der Waals surface area contributed by atoms with Crippen molar-refractivity contribution in [2.75, 3.05) is 38.8 Å². The predicted octanol–water partition coefficient (Wildman–Crippen LogP) is 7.77. The number of rotatable bonds is 22. The number of carboxylic acid groups (broad SMARTS) is 1. The van der Waals surface area contributed by atoms with Crippen molar-refractivity contribution in [2.24, 2.45) is 0 Å². The standard InChI is InChI=1S/C33H35FN2O5.C13H22N4O3S/c1-21(2)31-30(33(41)35-25-11-7-4-8-12-25)29(22-9-5-3-6-10-22)32(23-13-15-24(34)16-14-23)36(31)18-17-26(37)19-27(38)20-28(39)40;1-14-13(9-17(18)19)15-6-7-21-10-12-5-4-11(20-12)8-16(2)3/h3-16,21,26-27,37-38H,17-20H2,1-2H3,(H,35,41)(H,39,40);4-5,9,14-15H,6-8,10H2,1-3H3/b;13-9+/t26-,27-;/m1./s1. The Kier molecular flexibility index (Phi) is 19.2. The van der Waals surface area contributed by atoms with E-state index in [2.05, 4.69) is 20.9 Å². The zero-order valence-corrected chi connectivity index (χ0v) is 36.5. The molecule has 332 valence electrons. The van der Waals surface area contributed by atoms with Gasteiger partial charge in [0.2, 0.25) is 0 Å². The number of para-hydroxylation sites is 1. The Bertz CT molecular complexity index is 2210. The topological polar surface area (TPSA) is 195 Å². The molecule has 0 aliphatic heterocycles. The van der Waals surface area contributed by atoms with Gasteiger partial charge in [0.1, 0.15) is 17.3 Å². The van der Waals surface area contributed by atoms with Gasteiger partial charge in [0.15, 0.2) is 5.82 Å². The molecule has 6 N–H and O–H groups in total. The molecule has 1 amide bonds. The Hall–Kier alpha value is -5.94. The Balaban J connectivity index is 0.000000339. The number of carbonyl (C=O) groups is 2. The summed E-state index contributed by atoms with van der Waals surface area (Å²) < 4.78 is 21.7. The van der Waals surface area contributed by atoms with Gasteiger partial charge in [-0.05, 0) is 92.5 Å². The van der Waals surface area contributed by atoms with E-state index >= 15 is 0 Å². The number of aliphatic hydroxyl groups is 2. The highest BCUT2D eigenvalue weighted by atomic mass is 32.2. The monoisotopic (exact) mass is 872 g/mol. The lowest BCUT2D eigenvalue weighted by Gasteiger charge is -2.20. The minimum atomic E-state index is -1.18. The maximum absolute atomic E-state index is 14.0. The van der Waals surface area contributed by atoms with Crippen molar-refractivity contribution >= 4 is 29.3 Å². The van der Waals surface area contributed by atoms with Gasteiger partial charge in [-0.3, -0.25) is 19.7 Å². The first-order chi connectivity index (χ1) is 29.7. The van der Waals surface area contributed by atoms with E-state index in [4.69, 9.17) is 9.52 Å². The minimum Gasteiger partial charge on any atom is -0.481 e. The molecule has 16 heteroatoms. The molecule has 0 unspecified atom stereocenters. The van der Waals surface area contributed by atoms with Gasteiger partial charge < -0.3 is 45.2 Å². The molecule has 0 spiro atoms. The van der Waals surface area contributed by atoms with E-state index < -0.39 is 29.5 Å². The van der Waals surface area contributed by atoms with E-state index in [0.29, 0.717) is 40.4 Å². The number of amides is 1. The summed E-state index contributed by atoms with van der Waals surface area (Å²) in [5.74, 6) is 2.01. The summed E-state index contributed by atoms with van der Waals surface area (Å²) in [5, 5.41) is 48.8. The molecule has 5 rings (SSSR count). The fourth-order valence-corrected chi connectivity index (χ4v) is 7.58. The van der Waals surface area contributed by atoms with E-state index in [0.717, 1.165) is 47.0 Å². The molecule has 2 aromatic heterocycles. The molecule has 0 fully saturated rings. The van der Waals surface area contributed by atoms with Crippen molar-refractivity contribution < 1.29 is 38.6 Å². The Morgan fingerprint density at radius 3 is 2.18 bits per heavy atom. The number of aliphatic carboxylic acids is 1. The number of nitrogens with zero attached hydrogens (tertiary/aromatic N) is 3. The van der Waals surface area contributed by atoms with Crippen molar-refractivity contribution in [3.8, 4) is 22.4 Å². The van der Waals surface area contributed by atoms with Crippen LogP contribution in [0.15, 0.2) is 113 Å². The van der Waals surface area contributed by atoms with Crippen LogP contribution in [-0.4, -0.2) is 87.2 Å². The van der Waals surface area contributed by atoms with Crippen LogP contribution in [0.2, 0.25) is 0 Å². The zero-order chi connectivity index (χ0) is 45.2. The number of aromatic nitrogens is 1. The molecule has 0 bridgehead atoms. The van der Waals surface area contributed by atoms with Crippen LogP contribution in [0.25, 0.3) is 22.4 Å². The van der Waals surface area contributed by atoms with Gasteiger partial charge in [0, 0.05) is 42.8 Å². The fourth-order valence-electron chi connectivity index (χ4n) is 6.83. The first-order valence-electron chi connectivity index (χ1n) is 20.3. The van der Waals surface area contributed by atoms with Gasteiger partial charge in [0.25, 0.3) is 12.1 Å². The third kappa shape index (κ3) is 15.2. The van der Waals surface area contributed by atoms with Crippen molar-refractivity contribution in [1.82, 2.24) is 20.1 Å². The Labute approximate surface area is 366 Å². The summed E-state index contributed by atoms with van der Waals surface area (Å²) in [6, 6.07) is 28.8. The first kappa shape index (κ1) is 48.7. The highest BCUT2D eigenvalue weighted by molar-refractivity contribution is 7.98. The van der Waals surface area contributed by atoms with E-state index in [9.17, 15) is 34.3 Å². The van der Waals surface area contributed by atoms with Crippen molar-refractivity contribution in [1.29, 1.82) is 0 Å². The largest absolute Gasteiger partial charge is 0.481 e. The summed E-state index contributed by atoms with van der Waals surface area (Å²) in [4.78, 5) is 36.9. The van der Waals surface area contributed by atoms with Gasteiger partial charge in [-0.1, -0.05) is 62.4 Å². The second kappa shape index (κ2) is 24.5. The third-order valence-electron chi connectivity index (χ3n) is 9.43. The molecular weight excluding hydrogens is 816 g/mol. The van der Waals surface area contributed by atoms with E-state index in [1.54, 1.807) is 30.9 Å². The van der Waals surface area contributed by atoms with Crippen molar-refractivity contribution in [3.63, 3.8) is 0 Å². The number of hydrogen-bond donors (Lipinski definition) is 6. The lowest BCUT2D eigenvalue weighted by Crippen LogP contribution is -2.26. The molecule has 0 saturated heterocycles. The molecule has 0 aliphatic rings. The van der Waals surface area contributed by atoms with Crippen LogP contribution in [-0.2, 0) is 23.6 Å². The smallest absolute Gasteiger partial charge is 0.305 e. The van der Waals surface area contributed by atoms with Crippen molar-refractivity contribution in [2.45, 2.75) is 70.1 Å². The SMILES string of the molecule is CC(C)c1c(C(=O)Nc2ccccc2)c(-c2ccccc2)c(-c2ccc(F)cc2)n1CC[C@@H](O)C[C@@H](O)CC(=O)O.CN/C(=C\[N+](=O)[O-])NCCSCc1ccc(CN(C)C)o1. The highest BCUT2D eigenvalue weighted by Crippen LogP contribution is 2.42. The molecule has 5 aromatic rings. The summed E-state index contributed by atoms with van der Waals surface area (Å²) in [6.07, 6.45) is -1.59. The number of anilines is 1. The number of aliphatic hydroxyl groups excluding tert-OH is 2. The molecule has 3 aromatic carbocycles. The maximum atomic E-state index is 14.0. The van der Waals surface area contributed by atoms with Crippen LogP contribution in [0, 0.1) is 15.9 Å². The Morgan fingerprint density at radius 2 is 1.58 bits per heavy atom. The predicted molar refractivity (Wildman–Crippen MR) is 242 cm³/mol. The first-order valence-corrected chi connectivity index (χ1v) is 21.4. The lowest BCUT2D eigenvalue weighted by molar-refractivity contribution is -0.404. The van der Waals surface area contributed by atoms with Crippen LogP contribution >= 0.6 is 11.8 Å². The summed E-state index contributed by atoms with van der Waals surface area (Å²) in [6.45, 7) is 5.70. The van der Waals surface area contributed by atoms with Gasteiger partial charge in [-0.25, -0.2) is 4.39 Å². The number of thioether (sulfide) groups is 1. The molecule has 14 nitrogen and oxygen atoms in total. The van der Waals surface area contributed by atoms with Gasteiger partial charge in [0.05, 0.1) is 47.1 Å². The average molecular weight is 873 g/mol. The van der Waals surface area contributed by atoms with E-state index in [-0.39, 0.29) is 37.0 Å². The van der Waals surface area contributed by atoms with Crippen LogP contribution in [0.5, 0.6) is 0 Å². The van der Waals surface area contributed by atoms with Crippen molar-refractivity contribution in [3.05, 3.63) is 148 Å². The summed E-state index contributed by atoms with van der Waals surface area (Å²) in [7, 11) is 5.64. The number of benzene rings is 3. The van der Waals surface area contributed by atoms with Crippen LogP contribution < -0.4 is 16.0 Å². The number of nitro groups is 1. The lowest BCUT2D eigenvalue weighted by atomic mass is 9.94. The van der Waals surface area contributed by atoms with Gasteiger partial charge in [-0.15, -0.1) is 0 Å². The number of carbonyl (C=O) groups excluding carboxylic acids is 1. The third-order valence-corrected chi connectivity index (χ3v) is 10.4. The zero-order valence-electron chi connectivity index (χ0n) is 35.7. The van der Waals surface area contributed by atoms with E-state index in [1.807, 2.05) is 105 Å². The number of nitrogens with one attached hydrogen (secondary N) is 3. The molecular formula is C46H57FN6O8S. The molecule has 2 heterocycles. The average Bonchev–Trinajstić information content (AvgIpc) is 3.82. The van der Waals surface area contributed by atoms with E-state index in [1.165, 1.54) is 12.1 Å². The number of furan rings is 1. The second-order valence-electron chi connectivity index (χ2n) is 15.1. The van der Waals surface area contributed by atoms with Gasteiger partial charge >= 0.3 is 5.97 Å².